The van der Waals surface area contributed by atoms with Gasteiger partial charge in [-0.25, -0.2) is 9.48 Å². The number of carbonyl (C=O) groups is 1. The first kappa shape index (κ1) is 10.1. The first-order valence-corrected chi connectivity index (χ1v) is 4.42. The normalized spacial score (nSPS) is 12.2. The van der Waals surface area contributed by atoms with Gasteiger partial charge in [0.15, 0.2) is 6.04 Å². The van der Waals surface area contributed by atoms with E-state index in [1.807, 2.05) is 0 Å². The summed E-state index contributed by atoms with van der Waals surface area (Å²) < 4.78 is 1.13. The molecule has 0 amide bonds. The number of tetrazole rings is 1. The molecule has 1 aromatic carbocycles. The van der Waals surface area contributed by atoms with Crippen LogP contribution in [0.15, 0.2) is 30.6 Å². The molecule has 1 atom stereocenters. The summed E-state index contributed by atoms with van der Waals surface area (Å²) in [6, 6.07) is 4.85. The van der Waals surface area contributed by atoms with Crippen LogP contribution in [0.5, 0.6) is 5.75 Å². The zero-order chi connectivity index (χ0) is 11.5. The third kappa shape index (κ3) is 1.83. The van der Waals surface area contributed by atoms with E-state index in [1.54, 1.807) is 0 Å². The lowest BCUT2D eigenvalue weighted by molar-refractivity contribution is -0.139. The Morgan fingerprint density at radius 3 is 2.50 bits per heavy atom. The average molecular weight is 220 g/mol. The molecule has 0 aliphatic rings. The Kier molecular flexibility index (Phi) is 2.50. The van der Waals surface area contributed by atoms with Crippen molar-refractivity contribution in [3.8, 4) is 5.75 Å². The second-order valence-electron chi connectivity index (χ2n) is 3.12. The van der Waals surface area contributed by atoms with Crippen LogP contribution in [0.1, 0.15) is 11.6 Å². The number of hydrogen-bond donors (Lipinski definition) is 2. The Labute approximate surface area is 90.0 Å². The van der Waals surface area contributed by atoms with Gasteiger partial charge in [-0.1, -0.05) is 12.1 Å². The summed E-state index contributed by atoms with van der Waals surface area (Å²) in [6.07, 6.45) is 1.23. The number of phenols is 1. The summed E-state index contributed by atoms with van der Waals surface area (Å²) in [7, 11) is 0. The second kappa shape index (κ2) is 3.97. The van der Waals surface area contributed by atoms with E-state index in [4.69, 9.17) is 10.2 Å². The molecule has 0 aliphatic carbocycles. The van der Waals surface area contributed by atoms with Crippen LogP contribution >= 0.6 is 0 Å². The van der Waals surface area contributed by atoms with Crippen LogP contribution in [0.3, 0.4) is 0 Å². The van der Waals surface area contributed by atoms with E-state index < -0.39 is 12.0 Å². The van der Waals surface area contributed by atoms with Crippen LogP contribution in [0, 0.1) is 0 Å². The maximum absolute atomic E-state index is 11.1. The number of carboxylic acids is 1. The topological polar surface area (TPSA) is 101 Å². The van der Waals surface area contributed by atoms with Gasteiger partial charge in [-0.3, -0.25) is 0 Å². The van der Waals surface area contributed by atoms with E-state index in [9.17, 15) is 4.79 Å². The maximum atomic E-state index is 11.1. The third-order valence-electron chi connectivity index (χ3n) is 2.07. The Hall–Kier alpha value is -2.44. The van der Waals surface area contributed by atoms with Crippen molar-refractivity contribution in [2.75, 3.05) is 0 Å². The fourth-order valence-electron chi connectivity index (χ4n) is 1.35. The van der Waals surface area contributed by atoms with Gasteiger partial charge in [-0.2, -0.15) is 0 Å². The number of aromatic hydroxyl groups is 1. The lowest BCUT2D eigenvalue weighted by Gasteiger charge is -2.11. The van der Waals surface area contributed by atoms with E-state index in [-0.39, 0.29) is 5.75 Å². The van der Waals surface area contributed by atoms with E-state index >= 15 is 0 Å². The molecule has 0 fully saturated rings. The lowest BCUT2D eigenvalue weighted by atomic mass is 10.1. The van der Waals surface area contributed by atoms with Crippen molar-refractivity contribution in [3.63, 3.8) is 0 Å². The number of nitrogens with zero attached hydrogens (tertiary/aromatic N) is 4. The minimum Gasteiger partial charge on any atom is -0.508 e. The van der Waals surface area contributed by atoms with Crippen molar-refractivity contribution < 1.29 is 15.0 Å². The maximum Gasteiger partial charge on any atom is 0.333 e. The van der Waals surface area contributed by atoms with Gasteiger partial charge >= 0.3 is 5.97 Å². The van der Waals surface area contributed by atoms with Gasteiger partial charge in [0, 0.05) is 0 Å². The van der Waals surface area contributed by atoms with Crippen LogP contribution in [0.25, 0.3) is 0 Å². The van der Waals surface area contributed by atoms with Crippen molar-refractivity contribution in [2.45, 2.75) is 6.04 Å². The van der Waals surface area contributed by atoms with Crippen molar-refractivity contribution in [1.82, 2.24) is 20.2 Å². The number of phenolic OH excluding ortho intramolecular Hbond substituents is 1. The number of rotatable bonds is 3. The van der Waals surface area contributed by atoms with Gasteiger partial charge in [0.25, 0.3) is 0 Å². The number of hydrogen-bond acceptors (Lipinski definition) is 5. The van der Waals surface area contributed by atoms with Crippen LogP contribution in [-0.4, -0.2) is 36.4 Å². The van der Waals surface area contributed by atoms with E-state index in [1.165, 1.54) is 30.6 Å². The van der Waals surface area contributed by atoms with Crippen molar-refractivity contribution in [1.29, 1.82) is 0 Å². The molecule has 1 unspecified atom stereocenters. The van der Waals surface area contributed by atoms with Crippen LogP contribution in [0.4, 0.5) is 0 Å². The Balaban J connectivity index is 2.41. The van der Waals surface area contributed by atoms with Crippen LogP contribution in [0.2, 0.25) is 0 Å². The molecule has 1 aromatic heterocycles. The Morgan fingerprint density at radius 1 is 1.31 bits per heavy atom. The predicted molar refractivity (Wildman–Crippen MR) is 51.7 cm³/mol. The SMILES string of the molecule is O=C(O)C(c1ccc(O)cc1)n1cnnn1. The van der Waals surface area contributed by atoms with Crippen LogP contribution < -0.4 is 0 Å². The van der Waals surface area contributed by atoms with Gasteiger partial charge in [0.1, 0.15) is 12.1 Å². The van der Waals surface area contributed by atoms with Crippen molar-refractivity contribution >= 4 is 5.97 Å². The van der Waals surface area contributed by atoms with E-state index in [2.05, 4.69) is 15.5 Å². The molecular weight excluding hydrogens is 212 g/mol. The first-order valence-electron chi connectivity index (χ1n) is 4.42. The summed E-state index contributed by atoms with van der Waals surface area (Å²) in [6.45, 7) is 0. The highest BCUT2D eigenvalue weighted by Crippen LogP contribution is 2.19. The average Bonchev–Trinajstić information content (AvgIpc) is 2.74. The smallest absolute Gasteiger partial charge is 0.333 e. The summed E-state index contributed by atoms with van der Waals surface area (Å²) in [5, 5.41) is 28.5. The molecule has 0 radical (unpaired) electrons. The molecule has 7 nitrogen and oxygen atoms in total. The molecule has 0 saturated carbocycles. The molecule has 0 bridgehead atoms. The molecule has 0 spiro atoms. The standard InChI is InChI=1S/C9H8N4O3/c14-7-3-1-6(2-4-7)8(9(15)16)13-5-10-11-12-13/h1-5,8,14H,(H,15,16). The Bertz CT molecular complexity index is 480. The van der Waals surface area contributed by atoms with Gasteiger partial charge < -0.3 is 10.2 Å². The van der Waals surface area contributed by atoms with Gasteiger partial charge in [-0.15, -0.1) is 5.10 Å². The first-order chi connectivity index (χ1) is 7.68. The largest absolute Gasteiger partial charge is 0.508 e. The molecule has 1 heterocycles. The van der Waals surface area contributed by atoms with Crippen molar-refractivity contribution in [2.24, 2.45) is 0 Å². The molecule has 2 aromatic rings. The monoisotopic (exact) mass is 220 g/mol. The molecule has 16 heavy (non-hydrogen) atoms. The Morgan fingerprint density at radius 2 is 2.00 bits per heavy atom. The molecule has 0 saturated heterocycles. The lowest BCUT2D eigenvalue weighted by Crippen LogP contribution is -2.20. The molecule has 0 aliphatic heterocycles. The highest BCUT2D eigenvalue weighted by Gasteiger charge is 2.22. The van der Waals surface area contributed by atoms with Crippen molar-refractivity contribution in [3.05, 3.63) is 36.2 Å². The fraction of sp³-hybridized carbons (Fsp3) is 0.111. The zero-order valence-corrected chi connectivity index (χ0v) is 8.06. The number of aliphatic carboxylic acids is 1. The fourth-order valence-corrected chi connectivity index (χ4v) is 1.35. The molecule has 2 rings (SSSR count). The summed E-state index contributed by atoms with van der Waals surface area (Å²) in [5.41, 5.74) is 0.484. The minimum atomic E-state index is -1.07. The minimum absolute atomic E-state index is 0.0737. The quantitative estimate of drug-likeness (QED) is 0.758. The van der Waals surface area contributed by atoms with Crippen LogP contribution in [-0.2, 0) is 4.79 Å². The second-order valence-corrected chi connectivity index (χ2v) is 3.12. The molecule has 7 heteroatoms. The van der Waals surface area contributed by atoms with Gasteiger partial charge in [0.2, 0.25) is 0 Å². The number of aromatic nitrogens is 4. The van der Waals surface area contributed by atoms with E-state index in [0.717, 1.165) is 4.68 Å². The number of benzene rings is 1. The summed E-state index contributed by atoms with van der Waals surface area (Å²) >= 11 is 0. The molecular formula is C9H8N4O3. The zero-order valence-electron chi connectivity index (χ0n) is 8.06. The highest BCUT2D eigenvalue weighted by atomic mass is 16.4. The third-order valence-corrected chi connectivity index (χ3v) is 2.07. The predicted octanol–water partition coefficient (Wildman–Crippen LogP) is 0.0527. The van der Waals surface area contributed by atoms with E-state index in [0.29, 0.717) is 5.56 Å². The van der Waals surface area contributed by atoms with Gasteiger partial charge in [0.05, 0.1) is 0 Å². The summed E-state index contributed by atoms with van der Waals surface area (Å²) in [5.74, 6) is -0.998. The van der Waals surface area contributed by atoms with Gasteiger partial charge in [-0.05, 0) is 28.1 Å². The number of carboxylic acid groups (broad SMARTS) is 1. The summed E-state index contributed by atoms with van der Waals surface area (Å²) in [4.78, 5) is 11.1. The highest BCUT2D eigenvalue weighted by molar-refractivity contribution is 5.75. The molecule has 82 valence electrons. The molecule has 2 N–H and O–H groups in total.